The van der Waals surface area contributed by atoms with Crippen molar-refractivity contribution < 1.29 is 0 Å². The molecule has 1 saturated heterocycles. The van der Waals surface area contributed by atoms with Crippen LogP contribution < -0.4 is 0 Å². The highest BCUT2D eigenvalue weighted by Gasteiger charge is 2.13. The minimum absolute atomic E-state index is 1.15. The zero-order chi connectivity index (χ0) is 9.68. The molecule has 0 aliphatic carbocycles. The first-order valence-electron chi connectivity index (χ1n) is 5.00. The molecule has 1 aliphatic heterocycles. The van der Waals surface area contributed by atoms with Crippen molar-refractivity contribution in [1.29, 1.82) is 0 Å². The van der Waals surface area contributed by atoms with E-state index in [1.807, 2.05) is 0 Å². The lowest BCUT2D eigenvalue weighted by molar-refractivity contribution is 0.190. The highest BCUT2D eigenvalue weighted by molar-refractivity contribution is 5.16. The van der Waals surface area contributed by atoms with Gasteiger partial charge >= 0.3 is 0 Å². The van der Waals surface area contributed by atoms with Crippen molar-refractivity contribution in [3.63, 3.8) is 0 Å². The van der Waals surface area contributed by atoms with Crippen LogP contribution in [-0.2, 0) is 0 Å². The van der Waals surface area contributed by atoms with Crippen molar-refractivity contribution in [3.05, 3.63) is 23.9 Å². The summed E-state index contributed by atoms with van der Waals surface area (Å²) in [7, 11) is 2.18. The third-order valence-corrected chi connectivity index (χ3v) is 2.50. The van der Waals surface area contributed by atoms with Crippen LogP contribution >= 0.6 is 0 Å². The summed E-state index contributed by atoms with van der Waals surface area (Å²) in [5, 5.41) is 0. The zero-order valence-corrected chi connectivity index (χ0v) is 8.95. The minimum atomic E-state index is 1.15. The van der Waals surface area contributed by atoms with Gasteiger partial charge in [0.05, 0.1) is 0 Å². The van der Waals surface area contributed by atoms with Gasteiger partial charge < -0.3 is 9.80 Å². The molecule has 0 aromatic heterocycles. The number of likely N-dealkylation sites (N-methyl/N-ethyl adjacent to an activating group) is 1. The molecule has 0 unspecified atom stereocenters. The Bertz CT molecular complexity index is 198. The number of allylic oxidation sites excluding steroid dienone is 3. The third kappa shape index (κ3) is 2.88. The highest BCUT2D eigenvalue weighted by atomic mass is 15.2. The van der Waals surface area contributed by atoms with Crippen molar-refractivity contribution >= 4 is 0 Å². The Morgan fingerprint density at radius 3 is 2.15 bits per heavy atom. The van der Waals surface area contributed by atoms with Gasteiger partial charge in [-0.25, -0.2) is 0 Å². The molecule has 2 nitrogen and oxygen atoms in total. The molecule has 13 heavy (non-hydrogen) atoms. The lowest BCUT2D eigenvalue weighted by atomic mass is 10.2. The van der Waals surface area contributed by atoms with Gasteiger partial charge in [-0.2, -0.15) is 0 Å². The van der Waals surface area contributed by atoms with E-state index in [4.69, 9.17) is 0 Å². The van der Waals surface area contributed by atoms with Gasteiger partial charge in [-0.3, -0.25) is 0 Å². The molecule has 1 rings (SSSR count). The van der Waals surface area contributed by atoms with Crippen LogP contribution in [0, 0.1) is 0 Å². The van der Waals surface area contributed by atoms with E-state index in [-0.39, 0.29) is 0 Å². The Kier molecular flexibility index (Phi) is 4.03. The fourth-order valence-corrected chi connectivity index (χ4v) is 1.62. The molecule has 1 fully saturated rings. The van der Waals surface area contributed by atoms with Crippen LogP contribution in [0.3, 0.4) is 0 Å². The molecule has 1 heterocycles. The molecule has 2 heteroatoms. The summed E-state index contributed by atoms with van der Waals surface area (Å²) in [5.41, 5.74) is 1.36. The first kappa shape index (κ1) is 10.3. The van der Waals surface area contributed by atoms with Crippen LogP contribution in [-0.4, -0.2) is 43.0 Å². The summed E-state index contributed by atoms with van der Waals surface area (Å²) >= 11 is 0. The fraction of sp³-hybridized carbons (Fsp3) is 0.636. The lowest BCUT2D eigenvalue weighted by Gasteiger charge is -2.34. The molecule has 0 saturated carbocycles. The summed E-state index contributed by atoms with van der Waals surface area (Å²) in [6, 6.07) is 0. The molecule has 1 aliphatic rings. The Hall–Kier alpha value is -0.760. The SMILES string of the molecule is C/C=C\C(=C/C)N1CCN(C)CC1. The van der Waals surface area contributed by atoms with Crippen LogP contribution in [0.2, 0.25) is 0 Å². The summed E-state index contributed by atoms with van der Waals surface area (Å²) < 4.78 is 0. The number of hydrogen-bond donors (Lipinski definition) is 0. The van der Waals surface area contributed by atoms with Crippen molar-refractivity contribution in [3.8, 4) is 0 Å². The molecule has 74 valence electrons. The second kappa shape index (κ2) is 5.07. The second-order valence-corrected chi connectivity index (χ2v) is 3.50. The van der Waals surface area contributed by atoms with Crippen molar-refractivity contribution in [2.45, 2.75) is 13.8 Å². The van der Waals surface area contributed by atoms with Crippen LogP contribution in [0.4, 0.5) is 0 Å². The van der Waals surface area contributed by atoms with Gasteiger partial charge in [0.1, 0.15) is 0 Å². The van der Waals surface area contributed by atoms with E-state index in [1.54, 1.807) is 0 Å². The van der Waals surface area contributed by atoms with E-state index in [2.05, 4.69) is 48.9 Å². The Morgan fingerprint density at radius 1 is 1.08 bits per heavy atom. The number of piperazine rings is 1. The maximum Gasteiger partial charge on any atom is 0.0320 e. The summed E-state index contributed by atoms with van der Waals surface area (Å²) in [6.45, 7) is 8.83. The van der Waals surface area contributed by atoms with Gasteiger partial charge in [0.25, 0.3) is 0 Å². The molecule has 0 aromatic rings. The van der Waals surface area contributed by atoms with E-state index in [0.29, 0.717) is 0 Å². The van der Waals surface area contributed by atoms with Crippen LogP contribution in [0.15, 0.2) is 23.9 Å². The fourth-order valence-electron chi connectivity index (χ4n) is 1.62. The Balaban J connectivity index is 2.52. The smallest absolute Gasteiger partial charge is 0.0320 e. The normalized spacial score (nSPS) is 21.5. The van der Waals surface area contributed by atoms with E-state index in [9.17, 15) is 0 Å². The molecule has 0 atom stereocenters. The standard InChI is InChI=1S/C11H20N2/c1-4-6-11(5-2)13-9-7-12(3)8-10-13/h4-6H,7-10H2,1-3H3/b6-4-,11-5+. The maximum atomic E-state index is 2.44. The highest BCUT2D eigenvalue weighted by Crippen LogP contribution is 2.09. The molecule has 0 aromatic carbocycles. The predicted molar refractivity (Wildman–Crippen MR) is 57.6 cm³/mol. The summed E-state index contributed by atoms with van der Waals surface area (Å²) in [4.78, 5) is 4.82. The van der Waals surface area contributed by atoms with Crippen LogP contribution in [0.5, 0.6) is 0 Å². The molecule has 0 spiro atoms. The second-order valence-electron chi connectivity index (χ2n) is 3.50. The molecule has 0 radical (unpaired) electrons. The third-order valence-electron chi connectivity index (χ3n) is 2.50. The Morgan fingerprint density at radius 2 is 1.69 bits per heavy atom. The van der Waals surface area contributed by atoms with Crippen molar-refractivity contribution in [1.82, 2.24) is 9.80 Å². The number of nitrogens with zero attached hydrogens (tertiary/aromatic N) is 2. The average molecular weight is 180 g/mol. The van der Waals surface area contributed by atoms with Gasteiger partial charge in [0.2, 0.25) is 0 Å². The van der Waals surface area contributed by atoms with Gasteiger partial charge in [-0.15, -0.1) is 0 Å². The quantitative estimate of drug-likeness (QED) is 0.597. The van der Waals surface area contributed by atoms with Crippen molar-refractivity contribution in [2.75, 3.05) is 33.2 Å². The monoisotopic (exact) mass is 180 g/mol. The van der Waals surface area contributed by atoms with E-state index < -0.39 is 0 Å². The first-order chi connectivity index (χ1) is 6.27. The van der Waals surface area contributed by atoms with E-state index in [1.165, 1.54) is 18.8 Å². The van der Waals surface area contributed by atoms with Crippen molar-refractivity contribution in [2.24, 2.45) is 0 Å². The Labute approximate surface area is 81.5 Å². The summed E-state index contributed by atoms with van der Waals surface area (Å²) in [6.07, 6.45) is 6.48. The molecule has 0 bridgehead atoms. The minimum Gasteiger partial charge on any atom is -0.369 e. The lowest BCUT2D eigenvalue weighted by Crippen LogP contribution is -2.43. The first-order valence-corrected chi connectivity index (χ1v) is 5.00. The van der Waals surface area contributed by atoms with Gasteiger partial charge in [-0.05, 0) is 27.0 Å². The average Bonchev–Trinajstić information content (AvgIpc) is 2.16. The van der Waals surface area contributed by atoms with Gasteiger partial charge in [-0.1, -0.05) is 12.2 Å². The largest absolute Gasteiger partial charge is 0.369 e. The number of rotatable bonds is 2. The van der Waals surface area contributed by atoms with E-state index in [0.717, 1.165) is 13.1 Å². The molecular formula is C11H20N2. The van der Waals surface area contributed by atoms with E-state index >= 15 is 0 Å². The zero-order valence-electron chi connectivity index (χ0n) is 8.95. The molecule has 0 amide bonds. The maximum absolute atomic E-state index is 2.44. The molecular weight excluding hydrogens is 160 g/mol. The summed E-state index contributed by atoms with van der Waals surface area (Å²) in [5.74, 6) is 0. The molecule has 0 N–H and O–H groups in total. The van der Waals surface area contributed by atoms with Crippen LogP contribution in [0.1, 0.15) is 13.8 Å². The van der Waals surface area contributed by atoms with Gasteiger partial charge in [0.15, 0.2) is 0 Å². The number of hydrogen-bond acceptors (Lipinski definition) is 2. The topological polar surface area (TPSA) is 6.48 Å². The van der Waals surface area contributed by atoms with Gasteiger partial charge in [0, 0.05) is 31.9 Å². The van der Waals surface area contributed by atoms with Crippen LogP contribution in [0.25, 0.3) is 0 Å². The predicted octanol–water partition coefficient (Wildman–Crippen LogP) is 1.71.